The summed E-state index contributed by atoms with van der Waals surface area (Å²) in [6.45, 7) is 12.5. The van der Waals surface area contributed by atoms with E-state index >= 15 is 0 Å². The molecule has 3 aliphatic rings. The van der Waals surface area contributed by atoms with Gasteiger partial charge in [0.25, 0.3) is 0 Å². The van der Waals surface area contributed by atoms with E-state index in [0.29, 0.717) is 13.0 Å². The molecule has 36 heavy (non-hydrogen) atoms. The Morgan fingerprint density at radius 3 is 2.61 bits per heavy atom. The Labute approximate surface area is 219 Å². The Morgan fingerprint density at radius 1 is 1.25 bits per heavy atom. The van der Waals surface area contributed by atoms with Crippen molar-refractivity contribution in [3.8, 4) is 0 Å². The number of amides is 3. The van der Waals surface area contributed by atoms with Gasteiger partial charge in [-0.2, -0.15) is 0 Å². The van der Waals surface area contributed by atoms with Gasteiger partial charge in [-0.05, 0) is 62.1 Å². The Morgan fingerprint density at radius 2 is 1.97 bits per heavy atom. The number of hydrogen-bond acceptors (Lipinski definition) is 5. The van der Waals surface area contributed by atoms with Crippen LogP contribution in [-0.4, -0.2) is 63.0 Å². The number of likely N-dealkylation sites (tertiary alicyclic amines) is 1. The lowest BCUT2D eigenvalue weighted by atomic mass is 9.66. The molecular weight excluding hydrogens is 474 g/mol. The van der Waals surface area contributed by atoms with Crippen molar-refractivity contribution < 1.29 is 19.5 Å². The Hall–Kier alpha value is -2.06. The van der Waals surface area contributed by atoms with Crippen LogP contribution < -0.4 is 10.6 Å². The number of fused-ring (bicyclic) bond motifs is 1. The minimum Gasteiger partial charge on any atom is -0.394 e. The van der Waals surface area contributed by atoms with Gasteiger partial charge in [-0.25, -0.2) is 0 Å². The summed E-state index contributed by atoms with van der Waals surface area (Å²) < 4.78 is -0.692. The number of carbonyl (C=O) groups excluding carboxylic acids is 3. The number of nitrogens with one attached hydrogen (secondary N) is 2. The van der Waals surface area contributed by atoms with E-state index in [2.05, 4.69) is 31.4 Å². The maximum atomic E-state index is 14.2. The van der Waals surface area contributed by atoms with Crippen LogP contribution in [0.25, 0.3) is 0 Å². The zero-order chi connectivity index (χ0) is 26.4. The van der Waals surface area contributed by atoms with Crippen molar-refractivity contribution in [3.63, 3.8) is 0 Å². The highest BCUT2D eigenvalue weighted by Crippen LogP contribution is 2.68. The number of aliphatic hydroxyl groups excluding tert-OH is 1. The molecule has 1 spiro atoms. The second-order valence-corrected chi connectivity index (χ2v) is 12.9. The van der Waals surface area contributed by atoms with Crippen LogP contribution in [0.2, 0.25) is 0 Å². The maximum Gasteiger partial charge on any atom is 0.248 e. The van der Waals surface area contributed by atoms with E-state index in [1.54, 1.807) is 16.7 Å². The average Bonchev–Trinajstić information content (AvgIpc) is 3.41. The molecule has 0 aliphatic carbocycles. The summed E-state index contributed by atoms with van der Waals surface area (Å²) in [6, 6.07) is 4.71. The zero-order valence-corrected chi connectivity index (χ0v) is 23.2. The number of anilines is 1. The number of thioether (sulfide) groups is 1. The summed E-state index contributed by atoms with van der Waals surface area (Å²) in [7, 11) is 0. The minimum atomic E-state index is -0.750. The van der Waals surface area contributed by atoms with Gasteiger partial charge in [-0.15, -0.1) is 11.8 Å². The molecule has 0 aromatic heterocycles. The first kappa shape index (κ1) is 27.0. The smallest absolute Gasteiger partial charge is 0.248 e. The molecule has 1 aromatic rings. The maximum absolute atomic E-state index is 14.2. The lowest BCUT2D eigenvalue weighted by molar-refractivity contribution is -0.142. The standard InChI is InChI=1S/C28H41N3O4S/c1-7-10-29-25(33)22-21-13-18(6)28(36-21)23(22)27(35)31(19(14-32)11-15(2)3)24(28)26(34)30-20-12-16(4)8-9-17(20)5/h8-9,12,15,18-19,21-24,32H,7,10-11,13-14H2,1-6H3,(H,29,33)(H,30,34)/t18?,19-,21+,22-,23+,24?,28?/m1/s1. The molecule has 7 atom stereocenters. The highest BCUT2D eigenvalue weighted by molar-refractivity contribution is 8.02. The van der Waals surface area contributed by atoms with Crippen LogP contribution in [0.15, 0.2) is 18.2 Å². The van der Waals surface area contributed by atoms with Gasteiger partial charge in [-0.1, -0.05) is 39.8 Å². The van der Waals surface area contributed by atoms with E-state index in [9.17, 15) is 19.5 Å². The van der Waals surface area contributed by atoms with E-state index in [4.69, 9.17) is 0 Å². The molecule has 0 radical (unpaired) electrons. The van der Waals surface area contributed by atoms with Crippen LogP contribution in [0.5, 0.6) is 0 Å². The van der Waals surface area contributed by atoms with E-state index < -0.39 is 28.7 Å². The molecule has 3 fully saturated rings. The average molecular weight is 516 g/mol. The van der Waals surface area contributed by atoms with Crippen molar-refractivity contribution >= 4 is 35.2 Å². The van der Waals surface area contributed by atoms with Gasteiger partial charge < -0.3 is 20.6 Å². The summed E-state index contributed by atoms with van der Waals surface area (Å²) in [5.74, 6) is -1.16. The molecule has 3 heterocycles. The molecule has 7 nitrogen and oxygen atoms in total. The monoisotopic (exact) mass is 515 g/mol. The van der Waals surface area contributed by atoms with Crippen molar-refractivity contribution in [2.45, 2.75) is 82.9 Å². The van der Waals surface area contributed by atoms with E-state index in [1.807, 2.05) is 39.0 Å². The Kier molecular flexibility index (Phi) is 7.77. The van der Waals surface area contributed by atoms with Crippen molar-refractivity contribution in [2.24, 2.45) is 23.7 Å². The number of hydrogen-bond donors (Lipinski definition) is 3. The van der Waals surface area contributed by atoms with E-state index in [1.165, 1.54) is 0 Å². The number of benzene rings is 1. The second kappa shape index (κ2) is 10.4. The van der Waals surface area contributed by atoms with Gasteiger partial charge in [0.05, 0.1) is 29.2 Å². The summed E-state index contributed by atoms with van der Waals surface area (Å²) in [5.41, 5.74) is 2.73. The number of aliphatic hydroxyl groups is 1. The predicted molar refractivity (Wildman–Crippen MR) is 144 cm³/mol. The van der Waals surface area contributed by atoms with Gasteiger partial charge in [-0.3, -0.25) is 14.4 Å². The van der Waals surface area contributed by atoms with Crippen molar-refractivity contribution in [2.75, 3.05) is 18.5 Å². The lowest BCUT2D eigenvalue weighted by Crippen LogP contribution is -2.57. The van der Waals surface area contributed by atoms with Gasteiger partial charge in [0.2, 0.25) is 17.7 Å². The molecule has 198 valence electrons. The third kappa shape index (κ3) is 4.34. The number of carbonyl (C=O) groups is 3. The third-order valence-electron chi connectivity index (χ3n) is 8.28. The quantitative estimate of drug-likeness (QED) is 0.468. The highest BCUT2D eigenvalue weighted by atomic mass is 32.2. The normalized spacial score (nSPS) is 31.6. The number of aryl methyl sites for hydroxylation is 2. The molecule has 3 N–H and O–H groups in total. The van der Waals surface area contributed by atoms with Crippen LogP contribution in [-0.2, 0) is 14.4 Å². The molecule has 0 saturated carbocycles. The Balaban J connectivity index is 1.78. The van der Waals surface area contributed by atoms with E-state index in [0.717, 1.165) is 29.7 Å². The van der Waals surface area contributed by atoms with Gasteiger partial charge in [0.1, 0.15) is 6.04 Å². The summed E-state index contributed by atoms with van der Waals surface area (Å²) >= 11 is 1.67. The number of nitrogens with zero attached hydrogens (tertiary/aromatic N) is 1. The molecule has 8 heteroatoms. The molecular formula is C28H41N3O4S. The van der Waals surface area contributed by atoms with Crippen molar-refractivity contribution in [1.29, 1.82) is 0 Å². The lowest BCUT2D eigenvalue weighted by Gasteiger charge is -2.40. The molecule has 2 bridgehead atoms. The molecule has 1 aromatic carbocycles. The minimum absolute atomic E-state index is 0.0154. The first-order valence-electron chi connectivity index (χ1n) is 13.3. The van der Waals surface area contributed by atoms with E-state index in [-0.39, 0.29) is 41.4 Å². The molecule has 4 rings (SSSR count). The summed E-state index contributed by atoms with van der Waals surface area (Å²) in [4.78, 5) is 43.4. The van der Waals surface area contributed by atoms with Crippen LogP contribution in [0.3, 0.4) is 0 Å². The fourth-order valence-corrected chi connectivity index (χ4v) is 9.12. The van der Waals surface area contributed by atoms with Gasteiger partial charge >= 0.3 is 0 Å². The molecule has 3 amide bonds. The second-order valence-electron chi connectivity index (χ2n) is 11.4. The summed E-state index contributed by atoms with van der Waals surface area (Å²) in [6.07, 6.45) is 2.21. The Bertz CT molecular complexity index is 1030. The molecule has 3 unspecified atom stereocenters. The third-order valence-corrected chi connectivity index (χ3v) is 10.4. The van der Waals surface area contributed by atoms with Crippen molar-refractivity contribution in [1.82, 2.24) is 10.2 Å². The zero-order valence-electron chi connectivity index (χ0n) is 22.3. The van der Waals surface area contributed by atoms with Crippen LogP contribution in [0.1, 0.15) is 58.1 Å². The topological polar surface area (TPSA) is 98.7 Å². The van der Waals surface area contributed by atoms with Crippen LogP contribution in [0, 0.1) is 37.5 Å². The SMILES string of the molecule is CCCNC(=O)[C@@H]1[C@@H]2CC(C)C3(S2)C(C(=O)Nc2cc(C)ccc2C)N([C@@H](CO)CC(C)C)C(=O)[C@H]13. The number of rotatable bonds is 9. The predicted octanol–water partition coefficient (Wildman–Crippen LogP) is 3.51. The first-order valence-corrected chi connectivity index (χ1v) is 14.2. The summed E-state index contributed by atoms with van der Waals surface area (Å²) in [5, 5.41) is 16.6. The van der Waals surface area contributed by atoms with Gasteiger partial charge in [0.15, 0.2) is 0 Å². The fraction of sp³-hybridized carbons (Fsp3) is 0.679. The highest BCUT2D eigenvalue weighted by Gasteiger charge is 2.76. The van der Waals surface area contributed by atoms with Crippen LogP contribution in [0.4, 0.5) is 5.69 Å². The largest absolute Gasteiger partial charge is 0.394 e. The molecule has 3 aliphatic heterocycles. The molecule has 3 saturated heterocycles. The fourth-order valence-electron chi connectivity index (χ4n) is 6.71. The van der Waals surface area contributed by atoms with Crippen LogP contribution >= 0.6 is 11.8 Å². The van der Waals surface area contributed by atoms with Crippen molar-refractivity contribution in [3.05, 3.63) is 29.3 Å². The van der Waals surface area contributed by atoms with Gasteiger partial charge in [0, 0.05) is 17.5 Å². The first-order chi connectivity index (χ1) is 17.1.